The predicted molar refractivity (Wildman–Crippen MR) is 57.3 cm³/mol. The Hall–Kier alpha value is -2.42. The second kappa shape index (κ2) is 4.40. The zero-order valence-electron chi connectivity index (χ0n) is 8.75. The topological polar surface area (TPSA) is 79.4 Å². The van der Waals surface area contributed by atoms with E-state index in [2.05, 4.69) is 20.4 Å². The third kappa shape index (κ3) is 2.33. The average Bonchev–Trinajstić information content (AvgIpc) is 2.73. The van der Waals surface area contributed by atoms with Gasteiger partial charge in [0.1, 0.15) is 11.8 Å². The number of hydrogen-bond acceptors (Lipinski definition) is 5. The van der Waals surface area contributed by atoms with E-state index in [1.807, 2.05) is 25.4 Å². The summed E-state index contributed by atoms with van der Waals surface area (Å²) in [6.45, 7) is 0.537. The lowest BCUT2D eigenvalue weighted by atomic mass is 10.4. The first kappa shape index (κ1) is 10.1. The van der Waals surface area contributed by atoms with Gasteiger partial charge < -0.3 is 5.32 Å². The van der Waals surface area contributed by atoms with Crippen molar-refractivity contribution in [3.63, 3.8) is 0 Å². The SMILES string of the molecule is Cn1ccc(CNc2nccc(C#N)n2)n1. The summed E-state index contributed by atoms with van der Waals surface area (Å²) in [4.78, 5) is 8.00. The lowest BCUT2D eigenvalue weighted by molar-refractivity contribution is 0.746. The molecule has 0 radical (unpaired) electrons. The third-order valence-electron chi connectivity index (χ3n) is 1.97. The fourth-order valence-corrected chi connectivity index (χ4v) is 1.23. The minimum Gasteiger partial charge on any atom is -0.348 e. The fourth-order valence-electron chi connectivity index (χ4n) is 1.23. The minimum atomic E-state index is 0.346. The molecule has 2 aromatic rings. The summed E-state index contributed by atoms with van der Waals surface area (Å²) in [7, 11) is 1.86. The number of nitrogens with zero attached hydrogens (tertiary/aromatic N) is 5. The predicted octanol–water partition coefficient (Wildman–Crippen LogP) is 0.694. The number of anilines is 1. The molecule has 16 heavy (non-hydrogen) atoms. The molecule has 0 saturated heterocycles. The van der Waals surface area contributed by atoms with Crippen LogP contribution in [0.4, 0.5) is 5.95 Å². The largest absolute Gasteiger partial charge is 0.348 e. The molecule has 6 nitrogen and oxygen atoms in total. The molecule has 80 valence electrons. The van der Waals surface area contributed by atoms with Gasteiger partial charge in [-0.3, -0.25) is 4.68 Å². The highest BCUT2D eigenvalue weighted by Gasteiger charge is 2.00. The zero-order valence-corrected chi connectivity index (χ0v) is 8.75. The van der Waals surface area contributed by atoms with Crippen molar-refractivity contribution in [2.45, 2.75) is 6.54 Å². The highest BCUT2D eigenvalue weighted by Crippen LogP contribution is 2.02. The maximum absolute atomic E-state index is 8.67. The summed E-state index contributed by atoms with van der Waals surface area (Å²) in [6, 6.07) is 5.42. The van der Waals surface area contributed by atoms with E-state index in [0.717, 1.165) is 5.69 Å². The van der Waals surface area contributed by atoms with Gasteiger partial charge in [0.15, 0.2) is 0 Å². The number of aryl methyl sites for hydroxylation is 1. The lowest BCUT2D eigenvalue weighted by Crippen LogP contribution is -2.05. The Morgan fingerprint density at radius 2 is 2.38 bits per heavy atom. The molecule has 0 aliphatic carbocycles. The maximum Gasteiger partial charge on any atom is 0.224 e. The van der Waals surface area contributed by atoms with Crippen LogP contribution in [0, 0.1) is 11.3 Å². The van der Waals surface area contributed by atoms with Crippen molar-refractivity contribution in [3.8, 4) is 6.07 Å². The molecule has 0 aliphatic rings. The summed E-state index contributed by atoms with van der Waals surface area (Å²) in [5.41, 5.74) is 1.24. The van der Waals surface area contributed by atoms with Crippen molar-refractivity contribution in [3.05, 3.63) is 35.9 Å². The molecule has 0 aromatic carbocycles. The van der Waals surface area contributed by atoms with E-state index in [1.54, 1.807) is 16.9 Å². The van der Waals surface area contributed by atoms with Gasteiger partial charge in [0.25, 0.3) is 0 Å². The molecular weight excluding hydrogens is 204 g/mol. The first-order valence-corrected chi connectivity index (χ1v) is 4.73. The number of rotatable bonds is 3. The van der Waals surface area contributed by atoms with Crippen molar-refractivity contribution >= 4 is 5.95 Å². The number of nitrogens with one attached hydrogen (secondary N) is 1. The quantitative estimate of drug-likeness (QED) is 0.813. The second-order valence-corrected chi connectivity index (χ2v) is 3.21. The lowest BCUT2D eigenvalue weighted by Gasteiger charge is -2.01. The molecule has 6 heteroatoms. The van der Waals surface area contributed by atoms with Gasteiger partial charge >= 0.3 is 0 Å². The molecule has 2 heterocycles. The van der Waals surface area contributed by atoms with Crippen molar-refractivity contribution in [2.24, 2.45) is 7.05 Å². The summed E-state index contributed by atoms with van der Waals surface area (Å²) < 4.78 is 1.73. The smallest absolute Gasteiger partial charge is 0.224 e. The van der Waals surface area contributed by atoms with Crippen LogP contribution in [-0.2, 0) is 13.6 Å². The van der Waals surface area contributed by atoms with Crippen molar-refractivity contribution in [2.75, 3.05) is 5.32 Å². The molecule has 0 fully saturated rings. The van der Waals surface area contributed by atoms with E-state index >= 15 is 0 Å². The van der Waals surface area contributed by atoms with Crippen molar-refractivity contribution in [1.29, 1.82) is 5.26 Å². The van der Waals surface area contributed by atoms with Crippen LogP contribution in [0.15, 0.2) is 24.5 Å². The molecular formula is C10H10N6. The second-order valence-electron chi connectivity index (χ2n) is 3.21. The first-order chi connectivity index (χ1) is 7.78. The minimum absolute atomic E-state index is 0.346. The monoisotopic (exact) mass is 214 g/mol. The Labute approximate surface area is 92.6 Å². The molecule has 2 aromatic heterocycles. The Kier molecular flexibility index (Phi) is 2.78. The van der Waals surface area contributed by atoms with E-state index in [9.17, 15) is 0 Å². The molecule has 0 bridgehead atoms. The van der Waals surface area contributed by atoms with E-state index in [0.29, 0.717) is 18.2 Å². The Bertz CT molecular complexity index is 524. The Morgan fingerprint density at radius 3 is 3.06 bits per heavy atom. The molecule has 0 atom stereocenters. The Morgan fingerprint density at radius 1 is 1.50 bits per heavy atom. The van der Waals surface area contributed by atoms with Gasteiger partial charge in [-0.25, -0.2) is 9.97 Å². The number of aromatic nitrogens is 4. The molecule has 1 N–H and O–H groups in total. The van der Waals surface area contributed by atoms with Crippen molar-refractivity contribution in [1.82, 2.24) is 19.7 Å². The highest BCUT2D eigenvalue weighted by atomic mass is 15.3. The Balaban J connectivity index is 2.02. The van der Waals surface area contributed by atoms with Gasteiger partial charge in [-0.1, -0.05) is 0 Å². The zero-order chi connectivity index (χ0) is 11.4. The summed E-state index contributed by atoms with van der Waals surface area (Å²) >= 11 is 0. The van der Waals surface area contributed by atoms with Gasteiger partial charge in [-0.15, -0.1) is 0 Å². The standard InChI is InChI=1S/C10H10N6/c1-16-5-3-9(15-16)7-13-10-12-4-2-8(6-11)14-10/h2-5H,7H2,1H3,(H,12,13,14). The van der Waals surface area contributed by atoms with Crippen LogP contribution >= 0.6 is 0 Å². The van der Waals surface area contributed by atoms with E-state index in [4.69, 9.17) is 5.26 Å². The third-order valence-corrected chi connectivity index (χ3v) is 1.97. The number of nitriles is 1. The van der Waals surface area contributed by atoms with Crippen LogP contribution in [0.3, 0.4) is 0 Å². The van der Waals surface area contributed by atoms with E-state index in [-0.39, 0.29) is 0 Å². The molecule has 2 rings (SSSR count). The van der Waals surface area contributed by atoms with E-state index < -0.39 is 0 Å². The molecule has 0 unspecified atom stereocenters. The van der Waals surface area contributed by atoms with Crippen LogP contribution in [0.1, 0.15) is 11.4 Å². The fraction of sp³-hybridized carbons (Fsp3) is 0.200. The van der Waals surface area contributed by atoms with Gasteiger partial charge in [0.05, 0.1) is 12.2 Å². The summed E-state index contributed by atoms with van der Waals surface area (Å²) in [5.74, 6) is 0.435. The highest BCUT2D eigenvalue weighted by molar-refractivity contribution is 5.30. The molecule has 0 amide bonds. The first-order valence-electron chi connectivity index (χ1n) is 4.73. The summed E-state index contributed by atoms with van der Waals surface area (Å²) in [5, 5.41) is 15.9. The number of hydrogen-bond donors (Lipinski definition) is 1. The van der Waals surface area contributed by atoms with Crippen molar-refractivity contribution < 1.29 is 0 Å². The maximum atomic E-state index is 8.67. The summed E-state index contributed by atoms with van der Waals surface area (Å²) in [6.07, 6.45) is 3.41. The van der Waals surface area contributed by atoms with E-state index in [1.165, 1.54) is 0 Å². The van der Waals surface area contributed by atoms with Crippen LogP contribution < -0.4 is 5.32 Å². The van der Waals surface area contributed by atoms with Crippen LogP contribution in [0.5, 0.6) is 0 Å². The van der Waals surface area contributed by atoms with Gasteiger partial charge in [0, 0.05) is 19.4 Å². The van der Waals surface area contributed by atoms with Crippen LogP contribution in [-0.4, -0.2) is 19.7 Å². The van der Waals surface area contributed by atoms with Gasteiger partial charge in [0.2, 0.25) is 5.95 Å². The van der Waals surface area contributed by atoms with Crippen LogP contribution in [0.25, 0.3) is 0 Å². The van der Waals surface area contributed by atoms with Crippen LogP contribution in [0.2, 0.25) is 0 Å². The molecule has 0 spiro atoms. The van der Waals surface area contributed by atoms with Gasteiger partial charge in [-0.05, 0) is 12.1 Å². The normalized spacial score (nSPS) is 9.75. The molecule has 0 aliphatic heterocycles. The average molecular weight is 214 g/mol. The van der Waals surface area contributed by atoms with Gasteiger partial charge in [-0.2, -0.15) is 10.4 Å². The molecule has 0 saturated carbocycles.